The molecule has 0 saturated heterocycles. The molecular formula is C7H13Cl2NO6S2. The van der Waals surface area contributed by atoms with Gasteiger partial charge in [-0.15, -0.1) is 23.2 Å². The quantitative estimate of drug-likeness (QED) is 0.631. The number of hydrogen-bond acceptors (Lipinski definition) is 5. The molecule has 0 aromatic carbocycles. The van der Waals surface area contributed by atoms with E-state index in [9.17, 15) is 21.6 Å². The van der Waals surface area contributed by atoms with Crippen LogP contribution in [0.3, 0.4) is 0 Å². The summed E-state index contributed by atoms with van der Waals surface area (Å²) >= 11 is 10.3. The Bertz CT molecular complexity index is 436. The SMILES string of the molecule is O=C(O)N(CCS(=O)(=O)CCl)CCS(=O)(=O)CCl. The number of alkyl halides is 2. The number of nitrogens with zero attached hydrogens (tertiary/aromatic N) is 1. The topological polar surface area (TPSA) is 109 Å². The van der Waals surface area contributed by atoms with Crippen LogP contribution < -0.4 is 0 Å². The van der Waals surface area contributed by atoms with E-state index in [0.29, 0.717) is 4.90 Å². The second-order valence-electron chi connectivity index (χ2n) is 3.38. The molecule has 0 radical (unpaired) electrons. The van der Waals surface area contributed by atoms with Gasteiger partial charge < -0.3 is 10.0 Å². The largest absolute Gasteiger partial charge is 0.465 e. The molecule has 1 N–H and O–H groups in total. The molecule has 7 nitrogen and oxygen atoms in total. The van der Waals surface area contributed by atoms with Crippen LogP contribution in [0.5, 0.6) is 0 Å². The predicted octanol–water partition coefficient (Wildman–Crippen LogP) is 0.189. The summed E-state index contributed by atoms with van der Waals surface area (Å²) in [6, 6.07) is 0. The smallest absolute Gasteiger partial charge is 0.407 e. The lowest BCUT2D eigenvalue weighted by atomic mass is 10.5. The highest BCUT2D eigenvalue weighted by Gasteiger charge is 2.19. The summed E-state index contributed by atoms with van der Waals surface area (Å²) < 4.78 is 44.4. The van der Waals surface area contributed by atoms with Crippen LogP contribution in [0, 0.1) is 0 Å². The molecule has 0 atom stereocenters. The highest BCUT2D eigenvalue weighted by Crippen LogP contribution is 2.00. The van der Waals surface area contributed by atoms with Crippen molar-refractivity contribution in [2.24, 2.45) is 0 Å². The summed E-state index contributed by atoms with van der Waals surface area (Å²) in [6.45, 7) is -0.662. The van der Waals surface area contributed by atoms with Gasteiger partial charge in [-0.05, 0) is 0 Å². The van der Waals surface area contributed by atoms with Gasteiger partial charge in [0.15, 0.2) is 19.7 Å². The van der Waals surface area contributed by atoms with E-state index >= 15 is 0 Å². The molecule has 0 aliphatic rings. The van der Waals surface area contributed by atoms with Crippen LogP contribution >= 0.6 is 23.2 Å². The number of sulfone groups is 2. The van der Waals surface area contributed by atoms with Crippen LogP contribution in [0.15, 0.2) is 0 Å². The zero-order valence-corrected chi connectivity index (χ0v) is 12.4. The molecule has 18 heavy (non-hydrogen) atoms. The van der Waals surface area contributed by atoms with Gasteiger partial charge in [-0.2, -0.15) is 0 Å². The highest BCUT2D eigenvalue weighted by atomic mass is 35.5. The van der Waals surface area contributed by atoms with E-state index in [0.717, 1.165) is 0 Å². The first-order valence-corrected chi connectivity index (χ1v) is 9.35. The molecule has 0 aromatic rings. The minimum absolute atomic E-state index is 0.331. The summed E-state index contributed by atoms with van der Waals surface area (Å²) in [6.07, 6.45) is -1.40. The maximum atomic E-state index is 11.1. The highest BCUT2D eigenvalue weighted by molar-refractivity contribution is 7.92. The van der Waals surface area contributed by atoms with Crippen LogP contribution in [0.4, 0.5) is 4.79 Å². The molecule has 0 bridgehead atoms. The molecule has 1 amide bonds. The van der Waals surface area contributed by atoms with Gasteiger partial charge >= 0.3 is 6.09 Å². The maximum Gasteiger partial charge on any atom is 0.407 e. The average molecular weight is 342 g/mol. The van der Waals surface area contributed by atoms with E-state index in [1.54, 1.807) is 0 Å². The number of amides is 1. The summed E-state index contributed by atoms with van der Waals surface area (Å²) in [5, 5.41) is 7.56. The Morgan fingerprint density at radius 3 is 1.50 bits per heavy atom. The standard InChI is InChI=1S/C7H13Cl2NO6S2/c8-5-17(13,14)3-1-10(7(11)12)2-4-18(15,16)6-9/h1-6H2,(H,11,12). The first-order chi connectivity index (χ1) is 8.13. The van der Waals surface area contributed by atoms with Gasteiger partial charge in [-0.1, -0.05) is 0 Å². The van der Waals surface area contributed by atoms with Crippen LogP contribution in [0.25, 0.3) is 0 Å². The fraction of sp³-hybridized carbons (Fsp3) is 0.857. The van der Waals surface area contributed by atoms with Gasteiger partial charge in [0.25, 0.3) is 0 Å². The summed E-state index contributed by atoms with van der Waals surface area (Å²) in [5.41, 5.74) is 0. The summed E-state index contributed by atoms with van der Waals surface area (Å²) in [5.74, 6) is -0.909. The van der Waals surface area contributed by atoms with E-state index in [-0.39, 0.29) is 13.1 Å². The van der Waals surface area contributed by atoms with Gasteiger partial charge in [0.2, 0.25) is 0 Å². The van der Waals surface area contributed by atoms with Gasteiger partial charge in [-0.25, -0.2) is 21.6 Å². The van der Waals surface area contributed by atoms with Crippen molar-refractivity contribution in [2.75, 3.05) is 35.0 Å². The van der Waals surface area contributed by atoms with Gasteiger partial charge in [0.05, 0.1) is 11.5 Å². The zero-order valence-electron chi connectivity index (χ0n) is 9.25. The van der Waals surface area contributed by atoms with E-state index in [2.05, 4.69) is 0 Å². The molecule has 0 aliphatic heterocycles. The van der Waals surface area contributed by atoms with Crippen LogP contribution in [0.1, 0.15) is 0 Å². The van der Waals surface area contributed by atoms with Crippen molar-refractivity contribution in [1.29, 1.82) is 0 Å². The molecule has 0 fully saturated rings. The predicted molar refractivity (Wildman–Crippen MR) is 68.6 cm³/mol. The molecule has 0 aromatic heterocycles. The van der Waals surface area contributed by atoms with Gasteiger partial charge in [-0.3, -0.25) is 0 Å². The third-order valence-electron chi connectivity index (χ3n) is 1.95. The fourth-order valence-corrected chi connectivity index (χ4v) is 2.78. The monoisotopic (exact) mass is 341 g/mol. The Hall–Kier alpha value is -0.250. The molecule has 108 valence electrons. The number of hydrogen-bond donors (Lipinski definition) is 1. The minimum Gasteiger partial charge on any atom is -0.465 e. The Labute approximate surface area is 116 Å². The van der Waals surface area contributed by atoms with Crippen molar-refractivity contribution < 1.29 is 26.7 Å². The lowest BCUT2D eigenvalue weighted by molar-refractivity contribution is 0.151. The van der Waals surface area contributed by atoms with Crippen LogP contribution in [0.2, 0.25) is 0 Å². The number of rotatable bonds is 8. The fourth-order valence-electron chi connectivity index (χ4n) is 0.911. The van der Waals surface area contributed by atoms with Crippen molar-refractivity contribution >= 4 is 49.0 Å². The van der Waals surface area contributed by atoms with E-state index in [1.165, 1.54) is 0 Å². The van der Waals surface area contributed by atoms with Crippen molar-refractivity contribution in [3.63, 3.8) is 0 Å². The third-order valence-corrected chi connectivity index (χ3v) is 6.22. The molecule has 0 spiro atoms. The van der Waals surface area contributed by atoms with E-state index in [4.69, 9.17) is 28.3 Å². The van der Waals surface area contributed by atoms with Gasteiger partial charge in [0, 0.05) is 13.1 Å². The zero-order chi connectivity index (χ0) is 14.4. The number of carbonyl (C=O) groups is 1. The Morgan fingerprint density at radius 2 is 1.28 bits per heavy atom. The van der Waals surface area contributed by atoms with Gasteiger partial charge in [0.1, 0.15) is 10.4 Å². The molecule has 0 aliphatic carbocycles. The number of carboxylic acid groups (broad SMARTS) is 1. The lowest BCUT2D eigenvalue weighted by Gasteiger charge is -2.18. The normalized spacial score (nSPS) is 12.3. The minimum atomic E-state index is -3.52. The summed E-state index contributed by atoms with van der Waals surface area (Å²) in [4.78, 5) is 11.5. The third kappa shape index (κ3) is 7.24. The molecule has 0 unspecified atom stereocenters. The number of halogens is 2. The molecule has 0 saturated carbocycles. The first-order valence-electron chi connectivity index (χ1n) is 4.64. The van der Waals surface area contributed by atoms with Crippen molar-refractivity contribution in [3.05, 3.63) is 0 Å². The van der Waals surface area contributed by atoms with Crippen LogP contribution in [-0.4, -0.2) is 68.0 Å². The van der Waals surface area contributed by atoms with Crippen molar-refractivity contribution in [3.8, 4) is 0 Å². The van der Waals surface area contributed by atoms with Crippen LogP contribution in [-0.2, 0) is 19.7 Å². The molecule has 0 heterocycles. The second-order valence-corrected chi connectivity index (χ2v) is 8.92. The molecular weight excluding hydrogens is 329 g/mol. The second kappa shape index (κ2) is 7.37. The van der Waals surface area contributed by atoms with E-state index < -0.39 is 47.7 Å². The van der Waals surface area contributed by atoms with Crippen molar-refractivity contribution in [1.82, 2.24) is 4.90 Å². The maximum absolute atomic E-state index is 11.1. The Morgan fingerprint density at radius 1 is 0.944 bits per heavy atom. The average Bonchev–Trinajstić information content (AvgIpc) is 2.28. The van der Waals surface area contributed by atoms with Crippen molar-refractivity contribution in [2.45, 2.75) is 0 Å². The first kappa shape index (κ1) is 17.8. The molecule has 0 rings (SSSR count). The lowest BCUT2D eigenvalue weighted by Crippen LogP contribution is -2.37. The summed E-state index contributed by atoms with van der Waals surface area (Å²) in [7, 11) is -7.05. The Kier molecular flexibility index (Phi) is 7.26. The Balaban J connectivity index is 4.48. The van der Waals surface area contributed by atoms with E-state index in [1.807, 2.05) is 0 Å². The molecule has 11 heteroatoms.